The highest BCUT2D eigenvalue weighted by Gasteiger charge is 2.36. The Kier molecular flexibility index (Phi) is 22.4. The van der Waals surface area contributed by atoms with Crippen molar-refractivity contribution in [3.05, 3.63) is 130 Å². The van der Waals surface area contributed by atoms with E-state index < -0.39 is 17.9 Å². The van der Waals surface area contributed by atoms with Crippen molar-refractivity contribution in [3.63, 3.8) is 0 Å². The maximum atomic E-state index is 12.1. The molecule has 2 rings (SSSR count). The maximum absolute atomic E-state index is 12.1. The van der Waals surface area contributed by atoms with Gasteiger partial charge in [-0.25, -0.2) is 0 Å². The van der Waals surface area contributed by atoms with Crippen molar-refractivity contribution in [3.8, 4) is 0 Å². The van der Waals surface area contributed by atoms with Crippen LogP contribution in [0.25, 0.3) is 0 Å². The summed E-state index contributed by atoms with van der Waals surface area (Å²) in [6.07, 6.45) is 34.9. The van der Waals surface area contributed by atoms with Crippen LogP contribution in [0.5, 0.6) is 0 Å². The number of carbonyl (C=O) groups is 4. The van der Waals surface area contributed by atoms with Gasteiger partial charge in [0.15, 0.2) is 0 Å². The third-order valence-corrected chi connectivity index (χ3v) is 9.92. The summed E-state index contributed by atoms with van der Waals surface area (Å²) in [5.41, 5.74) is 8.52. The quantitative estimate of drug-likeness (QED) is 0.0609. The van der Waals surface area contributed by atoms with Gasteiger partial charge in [-0.05, 0) is 70.8 Å². The molecule has 0 heterocycles. The summed E-state index contributed by atoms with van der Waals surface area (Å²) >= 11 is 0. The fourth-order valence-electron chi connectivity index (χ4n) is 6.95. The molecule has 0 aromatic carbocycles. The number of ether oxygens (including phenoxy) is 2. The molecule has 312 valence electrons. The first-order valence-corrected chi connectivity index (χ1v) is 19.8. The van der Waals surface area contributed by atoms with Crippen LogP contribution in [0.4, 0.5) is 0 Å². The van der Waals surface area contributed by atoms with E-state index in [0.717, 1.165) is 17.6 Å². The molecule has 0 amide bonds. The molecule has 0 aromatic rings. The minimum Gasteiger partial charge on any atom is -0.481 e. The number of aldehydes is 1. The van der Waals surface area contributed by atoms with Crippen LogP contribution < -0.4 is 0 Å². The normalized spacial score (nSPS) is 22.0. The summed E-state index contributed by atoms with van der Waals surface area (Å²) in [6.45, 7) is 21.7. The molecule has 8 nitrogen and oxygen atoms in total. The monoisotopic (exact) mass is 784 g/mol. The number of carbonyl (C=O) groups excluding carboxylic acids is 2. The van der Waals surface area contributed by atoms with E-state index in [1.165, 1.54) is 27.9 Å². The predicted molar refractivity (Wildman–Crippen MR) is 233 cm³/mol. The number of esters is 1. The molecule has 2 N–H and O–H groups in total. The Morgan fingerprint density at radius 2 is 1.28 bits per heavy atom. The maximum Gasteiger partial charge on any atom is 0.306 e. The Morgan fingerprint density at radius 1 is 0.754 bits per heavy atom. The van der Waals surface area contributed by atoms with Crippen molar-refractivity contribution in [2.24, 2.45) is 16.7 Å². The zero-order valence-electron chi connectivity index (χ0n) is 36.3. The fraction of sp³-hybridized carbons (Fsp3) is 0.469. The molecule has 0 spiro atoms. The Bertz CT molecular complexity index is 1730. The zero-order chi connectivity index (χ0) is 43.2. The van der Waals surface area contributed by atoms with Gasteiger partial charge in [-0.3, -0.25) is 14.4 Å². The van der Waals surface area contributed by atoms with Crippen LogP contribution in [0.3, 0.4) is 0 Å². The molecule has 2 aliphatic carbocycles. The number of carboxylic acid groups (broad SMARTS) is 2. The number of carboxylic acids is 2. The van der Waals surface area contributed by atoms with Crippen LogP contribution in [0.2, 0.25) is 0 Å². The number of hydrogen-bond acceptors (Lipinski definition) is 6. The molecular weight excluding hydrogens is 717 g/mol. The lowest BCUT2D eigenvalue weighted by Crippen LogP contribution is -2.33. The lowest BCUT2D eigenvalue weighted by atomic mass is 9.67. The van der Waals surface area contributed by atoms with Gasteiger partial charge < -0.3 is 24.5 Å². The van der Waals surface area contributed by atoms with E-state index >= 15 is 0 Å². The minimum absolute atomic E-state index is 0.0521. The molecule has 0 saturated carbocycles. The van der Waals surface area contributed by atoms with Crippen molar-refractivity contribution < 1.29 is 38.9 Å². The molecule has 0 aromatic heterocycles. The predicted octanol–water partition coefficient (Wildman–Crippen LogP) is 11.5. The van der Waals surface area contributed by atoms with Gasteiger partial charge in [0.2, 0.25) is 0 Å². The van der Waals surface area contributed by atoms with Crippen molar-refractivity contribution >= 4 is 24.2 Å². The van der Waals surface area contributed by atoms with Gasteiger partial charge in [0, 0.05) is 25.9 Å². The third-order valence-electron chi connectivity index (χ3n) is 9.92. The molecule has 0 radical (unpaired) electrons. The molecule has 3 atom stereocenters. The largest absolute Gasteiger partial charge is 0.481 e. The second-order valence-electron chi connectivity index (χ2n) is 16.4. The van der Waals surface area contributed by atoms with Crippen LogP contribution in [0, 0.1) is 16.7 Å². The number of hydrogen-bond donors (Lipinski definition) is 2. The topological polar surface area (TPSA) is 127 Å². The Labute approximate surface area is 342 Å². The number of aliphatic carboxylic acids is 2. The number of allylic oxidation sites excluding steroid dienone is 20. The average molecular weight is 785 g/mol. The van der Waals surface area contributed by atoms with Crippen LogP contribution >= 0.6 is 0 Å². The van der Waals surface area contributed by atoms with Crippen LogP contribution in [0.15, 0.2) is 130 Å². The first-order chi connectivity index (χ1) is 26.7. The highest BCUT2D eigenvalue weighted by molar-refractivity contribution is 5.76. The molecule has 0 saturated heterocycles. The molecule has 8 heteroatoms. The molecule has 3 unspecified atom stereocenters. The lowest BCUT2D eigenvalue weighted by Gasteiger charge is -2.39. The highest BCUT2D eigenvalue weighted by Crippen LogP contribution is 2.43. The van der Waals surface area contributed by atoms with Gasteiger partial charge in [-0.2, -0.15) is 0 Å². The Morgan fingerprint density at radius 3 is 1.75 bits per heavy atom. The highest BCUT2D eigenvalue weighted by atomic mass is 16.5. The molecular formula is C49H68O8. The number of methoxy groups -OCH3 is 1. The van der Waals surface area contributed by atoms with Gasteiger partial charge in [-0.15, -0.1) is 0 Å². The van der Waals surface area contributed by atoms with Gasteiger partial charge >= 0.3 is 17.9 Å². The smallest absolute Gasteiger partial charge is 0.306 e. The number of rotatable bonds is 18. The third kappa shape index (κ3) is 20.8. The standard InChI is InChI=1S/C45H62O5.C4H6O3/c1-32(18-14-20-34(3)22-24-40-36(5)28-38(49-11)30-44(40,7)8)16-12-13-17-33(2)19-15-21-35(4)23-25-41-37(6)29-39(31-45(41,9)10)50-43(48)27-26-42(46)47;5-3-1-2-4(6)7/h12-25,28,38-40H,26-27,29-31H2,1-11H3,(H,46,47);3H,1-2H2,(H,6,7)/b13-12+,18-14+,19-15+,24-22+,25-23+,32-16+,33-17+,34-20+,35-21+;. The van der Waals surface area contributed by atoms with Gasteiger partial charge in [0.05, 0.1) is 25.4 Å². The summed E-state index contributed by atoms with van der Waals surface area (Å²) < 4.78 is 11.2. The zero-order valence-corrected chi connectivity index (χ0v) is 36.3. The van der Waals surface area contributed by atoms with E-state index in [9.17, 15) is 19.2 Å². The van der Waals surface area contributed by atoms with Crippen molar-refractivity contribution in [1.29, 1.82) is 0 Å². The van der Waals surface area contributed by atoms with E-state index in [2.05, 4.69) is 160 Å². The van der Waals surface area contributed by atoms with E-state index in [1.807, 2.05) is 0 Å². The second kappa shape index (κ2) is 25.4. The summed E-state index contributed by atoms with van der Waals surface area (Å²) in [4.78, 5) is 41.9. The first-order valence-electron chi connectivity index (χ1n) is 19.8. The van der Waals surface area contributed by atoms with Gasteiger partial charge in [-0.1, -0.05) is 152 Å². The second-order valence-corrected chi connectivity index (χ2v) is 16.4. The van der Waals surface area contributed by atoms with Gasteiger partial charge in [0.1, 0.15) is 12.4 Å². The Balaban J connectivity index is 0.00000211. The Hall–Kier alpha value is -4.82. The van der Waals surface area contributed by atoms with E-state index in [4.69, 9.17) is 19.7 Å². The SMILES string of the molecule is COC1C=C(C)C(/C=C/C(C)=C/C=C/C(C)=C/C=C/C=C(C)/C=C/C=C(C)/C=C/C2=C(C)CC(OC(=O)CCC(=O)O)CC2(C)C)C(C)(C)C1.O=CCCC(=O)O. The summed E-state index contributed by atoms with van der Waals surface area (Å²) in [5, 5.41) is 16.7. The van der Waals surface area contributed by atoms with E-state index in [-0.39, 0.29) is 48.7 Å². The first kappa shape index (κ1) is 50.2. The molecule has 0 aliphatic heterocycles. The average Bonchev–Trinajstić information content (AvgIpc) is 3.10. The summed E-state index contributed by atoms with van der Waals surface area (Å²) in [6, 6.07) is 0. The summed E-state index contributed by atoms with van der Waals surface area (Å²) in [5.74, 6) is -1.95. The molecule has 0 bridgehead atoms. The van der Waals surface area contributed by atoms with Crippen molar-refractivity contribution in [2.75, 3.05) is 7.11 Å². The molecule has 2 aliphatic rings. The van der Waals surface area contributed by atoms with E-state index in [0.29, 0.717) is 25.0 Å². The van der Waals surface area contributed by atoms with Crippen LogP contribution in [0.1, 0.15) is 114 Å². The van der Waals surface area contributed by atoms with Crippen molar-refractivity contribution in [2.45, 2.75) is 126 Å². The lowest BCUT2D eigenvalue weighted by molar-refractivity contribution is -0.153. The molecule has 57 heavy (non-hydrogen) atoms. The summed E-state index contributed by atoms with van der Waals surface area (Å²) in [7, 11) is 1.79. The van der Waals surface area contributed by atoms with Crippen LogP contribution in [-0.4, -0.2) is 53.7 Å². The van der Waals surface area contributed by atoms with Crippen molar-refractivity contribution in [1.82, 2.24) is 0 Å². The minimum atomic E-state index is -0.991. The molecule has 0 fully saturated rings. The van der Waals surface area contributed by atoms with Gasteiger partial charge in [0.25, 0.3) is 0 Å². The fourth-order valence-corrected chi connectivity index (χ4v) is 6.95. The van der Waals surface area contributed by atoms with E-state index in [1.54, 1.807) is 7.11 Å². The van der Waals surface area contributed by atoms with Crippen LogP contribution in [-0.2, 0) is 28.7 Å².